The number of aromatic nitrogens is 2. The summed E-state index contributed by atoms with van der Waals surface area (Å²) >= 11 is 12.1. The van der Waals surface area contributed by atoms with Gasteiger partial charge in [0.25, 0.3) is 0 Å². The lowest BCUT2D eigenvalue weighted by molar-refractivity contribution is 0.0928. The summed E-state index contributed by atoms with van der Waals surface area (Å²) in [5, 5.41) is 11.6. The van der Waals surface area contributed by atoms with E-state index in [2.05, 4.69) is 16.7 Å². The third-order valence-electron chi connectivity index (χ3n) is 4.66. The lowest BCUT2D eigenvalue weighted by atomic mass is 10.1. The summed E-state index contributed by atoms with van der Waals surface area (Å²) in [5.41, 5.74) is 3.07. The van der Waals surface area contributed by atoms with E-state index in [1.165, 1.54) is 5.56 Å². The van der Waals surface area contributed by atoms with Crippen LogP contribution in [0.15, 0.2) is 72.8 Å². The SMILES string of the molecule is O[C@H](COc1ccc(Cl)cc1Cl)Cn1c(Cc2ccccc2)nc2ccccc21. The molecule has 0 unspecified atom stereocenters. The molecule has 1 heterocycles. The van der Waals surface area contributed by atoms with E-state index in [1.807, 2.05) is 42.5 Å². The van der Waals surface area contributed by atoms with Crippen LogP contribution in [0.1, 0.15) is 11.4 Å². The molecule has 3 aromatic carbocycles. The van der Waals surface area contributed by atoms with Crippen LogP contribution in [0.2, 0.25) is 10.0 Å². The number of ether oxygens (including phenoxy) is 1. The quantitative estimate of drug-likeness (QED) is 0.431. The molecule has 0 aliphatic heterocycles. The van der Waals surface area contributed by atoms with Crippen LogP contribution in [-0.4, -0.2) is 27.4 Å². The van der Waals surface area contributed by atoms with E-state index < -0.39 is 6.10 Å². The molecule has 1 N–H and O–H groups in total. The van der Waals surface area contributed by atoms with Crippen molar-refractivity contribution in [3.05, 3.63) is 94.2 Å². The third kappa shape index (κ3) is 4.73. The Morgan fingerprint density at radius 1 is 0.966 bits per heavy atom. The van der Waals surface area contributed by atoms with Crippen molar-refractivity contribution in [3.63, 3.8) is 0 Å². The maximum atomic E-state index is 10.6. The summed E-state index contributed by atoms with van der Waals surface area (Å²) in [7, 11) is 0. The number of hydrogen-bond acceptors (Lipinski definition) is 3. The maximum Gasteiger partial charge on any atom is 0.138 e. The van der Waals surface area contributed by atoms with E-state index in [0.717, 1.165) is 16.9 Å². The maximum absolute atomic E-state index is 10.6. The van der Waals surface area contributed by atoms with Crippen molar-refractivity contribution in [1.29, 1.82) is 0 Å². The minimum atomic E-state index is -0.728. The molecule has 29 heavy (non-hydrogen) atoms. The number of fused-ring (bicyclic) bond motifs is 1. The zero-order valence-corrected chi connectivity index (χ0v) is 17.1. The molecule has 4 nitrogen and oxygen atoms in total. The number of hydrogen-bond donors (Lipinski definition) is 1. The summed E-state index contributed by atoms with van der Waals surface area (Å²) < 4.78 is 7.75. The molecule has 0 saturated heterocycles. The first-order chi connectivity index (χ1) is 14.1. The zero-order valence-electron chi connectivity index (χ0n) is 15.6. The number of para-hydroxylation sites is 2. The lowest BCUT2D eigenvalue weighted by Crippen LogP contribution is -2.24. The van der Waals surface area contributed by atoms with Gasteiger partial charge in [-0.3, -0.25) is 0 Å². The Kier molecular flexibility index (Phi) is 6.05. The highest BCUT2D eigenvalue weighted by Gasteiger charge is 2.15. The predicted molar refractivity (Wildman–Crippen MR) is 117 cm³/mol. The van der Waals surface area contributed by atoms with E-state index in [4.69, 9.17) is 32.9 Å². The molecule has 4 rings (SSSR count). The van der Waals surface area contributed by atoms with Crippen LogP contribution in [0.3, 0.4) is 0 Å². The molecule has 0 bridgehead atoms. The summed E-state index contributed by atoms with van der Waals surface area (Å²) in [4.78, 5) is 4.78. The second-order valence-electron chi connectivity index (χ2n) is 6.83. The van der Waals surface area contributed by atoms with Crippen LogP contribution in [0.5, 0.6) is 5.75 Å². The molecule has 0 aliphatic rings. The monoisotopic (exact) mass is 426 g/mol. The van der Waals surface area contributed by atoms with Gasteiger partial charge in [-0.05, 0) is 35.9 Å². The Morgan fingerprint density at radius 2 is 1.72 bits per heavy atom. The standard InChI is InChI=1S/C23H20Cl2N2O2/c24-17-10-11-22(19(25)13-17)29-15-18(28)14-27-21-9-5-4-8-20(21)26-23(27)12-16-6-2-1-3-7-16/h1-11,13,18,28H,12,14-15H2/t18-/m0/s1. The normalized spacial score (nSPS) is 12.2. The van der Waals surface area contributed by atoms with Crippen molar-refractivity contribution < 1.29 is 9.84 Å². The van der Waals surface area contributed by atoms with Gasteiger partial charge in [0.1, 0.15) is 24.3 Å². The topological polar surface area (TPSA) is 47.3 Å². The highest BCUT2D eigenvalue weighted by molar-refractivity contribution is 6.35. The Bertz CT molecular complexity index is 1110. The van der Waals surface area contributed by atoms with Gasteiger partial charge in [0.2, 0.25) is 0 Å². The fourth-order valence-electron chi connectivity index (χ4n) is 3.28. The van der Waals surface area contributed by atoms with E-state index in [9.17, 15) is 5.11 Å². The van der Waals surface area contributed by atoms with E-state index >= 15 is 0 Å². The summed E-state index contributed by atoms with van der Waals surface area (Å²) in [6.45, 7) is 0.479. The van der Waals surface area contributed by atoms with Gasteiger partial charge < -0.3 is 14.4 Å². The van der Waals surface area contributed by atoms with Gasteiger partial charge in [0.05, 0.1) is 22.6 Å². The van der Waals surface area contributed by atoms with Gasteiger partial charge in [-0.15, -0.1) is 0 Å². The van der Waals surface area contributed by atoms with Crippen molar-refractivity contribution in [2.75, 3.05) is 6.61 Å². The van der Waals surface area contributed by atoms with Gasteiger partial charge >= 0.3 is 0 Å². The highest BCUT2D eigenvalue weighted by Crippen LogP contribution is 2.27. The number of benzene rings is 3. The molecule has 6 heteroatoms. The minimum Gasteiger partial charge on any atom is -0.489 e. The van der Waals surface area contributed by atoms with Crippen molar-refractivity contribution in [2.24, 2.45) is 0 Å². The first kappa shape index (κ1) is 19.8. The lowest BCUT2D eigenvalue weighted by Gasteiger charge is -2.16. The molecular weight excluding hydrogens is 407 g/mol. The van der Waals surface area contributed by atoms with Crippen LogP contribution in [0.4, 0.5) is 0 Å². The number of aliphatic hydroxyl groups excluding tert-OH is 1. The van der Waals surface area contributed by atoms with Crippen molar-refractivity contribution >= 4 is 34.2 Å². The molecular formula is C23H20Cl2N2O2. The van der Waals surface area contributed by atoms with E-state index in [1.54, 1.807) is 18.2 Å². The molecule has 148 valence electrons. The van der Waals surface area contributed by atoms with Crippen LogP contribution < -0.4 is 4.74 Å². The van der Waals surface area contributed by atoms with Gasteiger partial charge in [-0.2, -0.15) is 0 Å². The molecule has 0 amide bonds. The average molecular weight is 427 g/mol. The van der Waals surface area contributed by atoms with E-state index in [-0.39, 0.29) is 6.61 Å². The fraction of sp³-hybridized carbons (Fsp3) is 0.174. The largest absolute Gasteiger partial charge is 0.489 e. The Balaban J connectivity index is 1.53. The van der Waals surface area contributed by atoms with Crippen LogP contribution in [0, 0.1) is 0 Å². The smallest absolute Gasteiger partial charge is 0.138 e. The second kappa shape index (κ2) is 8.87. The molecule has 1 atom stereocenters. The van der Waals surface area contributed by atoms with Crippen molar-refractivity contribution in [3.8, 4) is 5.75 Å². The molecule has 0 fully saturated rings. The van der Waals surface area contributed by atoms with Gasteiger partial charge in [-0.25, -0.2) is 4.98 Å². The molecule has 0 aliphatic carbocycles. The molecule has 0 spiro atoms. The van der Waals surface area contributed by atoms with Crippen molar-refractivity contribution in [1.82, 2.24) is 9.55 Å². The molecule has 0 radical (unpaired) electrons. The Hall–Kier alpha value is -2.53. The minimum absolute atomic E-state index is 0.110. The zero-order chi connectivity index (χ0) is 20.2. The fourth-order valence-corrected chi connectivity index (χ4v) is 3.75. The third-order valence-corrected chi connectivity index (χ3v) is 5.19. The van der Waals surface area contributed by atoms with Crippen LogP contribution >= 0.6 is 23.2 Å². The van der Waals surface area contributed by atoms with Gasteiger partial charge in [0.15, 0.2) is 0 Å². The van der Waals surface area contributed by atoms with Gasteiger partial charge in [-0.1, -0.05) is 65.7 Å². The van der Waals surface area contributed by atoms with Crippen LogP contribution in [0.25, 0.3) is 11.0 Å². The molecule has 0 saturated carbocycles. The predicted octanol–water partition coefficient (Wildman–Crippen LogP) is 5.37. The number of rotatable bonds is 7. The van der Waals surface area contributed by atoms with Crippen LogP contribution in [-0.2, 0) is 13.0 Å². The van der Waals surface area contributed by atoms with Gasteiger partial charge in [0, 0.05) is 11.4 Å². The average Bonchev–Trinajstić information content (AvgIpc) is 3.05. The molecule has 4 aromatic rings. The van der Waals surface area contributed by atoms with E-state index in [0.29, 0.717) is 28.8 Å². The summed E-state index contributed by atoms with van der Waals surface area (Å²) in [6.07, 6.45) is -0.0413. The Morgan fingerprint density at radius 3 is 2.52 bits per heavy atom. The molecule has 1 aromatic heterocycles. The summed E-state index contributed by atoms with van der Waals surface area (Å²) in [5.74, 6) is 1.40. The second-order valence-corrected chi connectivity index (χ2v) is 7.67. The highest BCUT2D eigenvalue weighted by atomic mass is 35.5. The first-order valence-electron chi connectivity index (χ1n) is 9.34. The summed E-state index contributed by atoms with van der Waals surface area (Å²) in [6, 6.07) is 23.1. The number of nitrogens with zero attached hydrogens (tertiary/aromatic N) is 2. The van der Waals surface area contributed by atoms with Crippen molar-refractivity contribution in [2.45, 2.75) is 19.1 Å². The number of imidazole rings is 1. The number of aliphatic hydroxyl groups is 1. The number of halogens is 2. The first-order valence-corrected chi connectivity index (χ1v) is 10.1. The Labute approximate surface area is 179 Å².